The average molecular weight is 495 g/mol. The molecule has 0 spiro atoms. The number of carboxylic acids is 1. The van der Waals surface area contributed by atoms with E-state index >= 15 is 0 Å². The summed E-state index contributed by atoms with van der Waals surface area (Å²) in [6, 6.07) is 21.5. The van der Waals surface area contributed by atoms with Crippen LogP contribution in [0, 0.1) is 0 Å². The Bertz CT molecular complexity index is 1370. The number of thiazole rings is 1. The molecule has 0 amide bonds. The molecule has 0 radical (unpaired) electrons. The van der Waals surface area contributed by atoms with Crippen LogP contribution in [0.4, 0.5) is 0 Å². The highest BCUT2D eigenvalue weighted by Crippen LogP contribution is 2.33. The van der Waals surface area contributed by atoms with Crippen molar-refractivity contribution in [3.05, 3.63) is 90.6 Å². The molecule has 7 nitrogen and oxygen atoms in total. The van der Waals surface area contributed by atoms with E-state index in [0.29, 0.717) is 0 Å². The van der Waals surface area contributed by atoms with Gasteiger partial charge in [-0.05, 0) is 53.9 Å². The van der Waals surface area contributed by atoms with Gasteiger partial charge in [0.2, 0.25) is 10.0 Å². The van der Waals surface area contributed by atoms with E-state index < -0.39 is 22.0 Å². The Labute approximate surface area is 201 Å². The van der Waals surface area contributed by atoms with Gasteiger partial charge >= 0.3 is 5.97 Å². The standard InChI is InChI=1S/C25H22N2O5S2/c1-32-20-11-7-18(8-12-20)23-16-26-24(33-23)19-9-13-21(14-10-19)34(30,31)27-22(25(28)29)15-17-5-3-2-4-6-17/h2-14,16,22,27H,15H2,1H3,(H,28,29)/t22-/m1/s1. The molecule has 1 atom stereocenters. The number of nitrogens with one attached hydrogen (secondary N) is 1. The molecule has 0 bridgehead atoms. The summed E-state index contributed by atoms with van der Waals surface area (Å²) in [5.74, 6) is -0.467. The van der Waals surface area contributed by atoms with E-state index in [1.54, 1.807) is 49.7 Å². The summed E-state index contributed by atoms with van der Waals surface area (Å²) in [5.41, 5.74) is 2.50. The number of methoxy groups -OCH3 is 1. The van der Waals surface area contributed by atoms with Gasteiger partial charge in [-0.15, -0.1) is 11.3 Å². The first-order valence-corrected chi connectivity index (χ1v) is 12.7. The minimum Gasteiger partial charge on any atom is -0.497 e. The van der Waals surface area contributed by atoms with E-state index in [-0.39, 0.29) is 11.3 Å². The Morgan fingerprint density at radius 1 is 1.00 bits per heavy atom. The van der Waals surface area contributed by atoms with Gasteiger partial charge in [0.15, 0.2) is 0 Å². The largest absolute Gasteiger partial charge is 0.497 e. The molecular weight excluding hydrogens is 472 g/mol. The minimum atomic E-state index is -4.03. The van der Waals surface area contributed by atoms with Crippen LogP contribution < -0.4 is 9.46 Å². The molecule has 4 aromatic rings. The molecule has 0 aliphatic carbocycles. The van der Waals surface area contributed by atoms with Crippen molar-refractivity contribution in [1.82, 2.24) is 9.71 Å². The van der Waals surface area contributed by atoms with Crippen molar-refractivity contribution in [2.24, 2.45) is 0 Å². The Morgan fingerprint density at radius 3 is 2.26 bits per heavy atom. The monoisotopic (exact) mass is 494 g/mol. The van der Waals surface area contributed by atoms with Gasteiger partial charge in [-0.1, -0.05) is 42.5 Å². The zero-order valence-electron chi connectivity index (χ0n) is 18.2. The summed E-state index contributed by atoms with van der Waals surface area (Å²) in [6.07, 6.45) is 1.82. The lowest BCUT2D eigenvalue weighted by molar-refractivity contribution is -0.138. The molecule has 9 heteroatoms. The highest BCUT2D eigenvalue weighted by Gasteiger charge is 2.25. The zero-order chi connectivity index (χ0) is 24.1. The second-order valence-electron chi connectivity index (χ2n) is 7.48. The summed E-state index contributed by atoms with van der Waals surface area (Å²) in [6.45, 7) is 0. The molecule has 0 saturated heterocycles. The first-order valence-electron chi connectivity index (χ1n) is 10.4. The molecule has 0 aliphatic heterocycles. The zero-order valence-corrected chi connectivity index (χ0v) is 19.8. The topological polar surface area (TPSA) is 106 Å². The number of rotatable bonds is 9. The minimum absolute atomic E-state index is 0.0116. The van der Waals surface area contributed by atoms with E-state index in [9.17, 15) is 18.3 Å². The Balaban J connectivity index is 1.50. The third kappa shape index (κ3) is 5.51. The molecule has 3 aromatic carbocycles. The van der Waals surface area contributed by atoms with Gasteiger partial charge < -0.3 is 9.84 Å². The van der Waals surface area contributed by atoms with Crippen molar-refractivity contribution >= 4 is 27.3 Å². The van der Waals surface area contributed by atoms with Crippen LogP contribution in [0.2, 0.25) is 0 Å². The van der Waals surface area contributed by atoms with E-state index in [2.05, 4.69) is 9.71 Å². The summed E-state index contributed by atoms with van der Waals surface area (Å²) >= 11 is 1.49. The summed E-state index contributed by atoms with van der Waals surface area (Å²) in [4.78, 5) is 17.1. The van der Waals surface area contributed by atoms with Crippen molar-refractivity contribution in [3.63, 3.8) is 0 Å². The highest BCUT2D eigenvalue weighted by atomic mass is 32.2. The second-order valence-corrected chi connectivity index (χ2v) is 10.2. The maximum atomic E-state index is 12.8. The number of sulfonamides is 1. The van der Waals surface area contributed by atoms with E-state index in [1.165, 1.54) is 23.5 Å². The molecular formula is C25H22N2O5S2. The molecule has 34 heavy (non-hydrogen) atoms. The van der Waals surface area contributed by atoms with E-state index in [4.69, 9.17) is 4.74 Å². The Hall–Kier alpha value is -3.53. The SMILES string of the molecule is COc1ccc(-c2cnc(-c3ccc(S(=O)(=O)N[C@H](Cc4ccccc4)C(=O)O)cc3)s2)cc1. The lowest BCUT2D eigenvalue weighted by atomic mass is 10.1. The van der Waals surface area contributed by atoms with Crippen molar-refractivity contribution < 1.29 is 23.1 Å². The molecule has 2 N–H and O–H groups in total. The maximum Gasteiger partial charge on any atom is 0.322 e. The van der Waals surface area contributed by atoms with Crippen LogP contribution in [0.15, 0.2) is 90.0 Å². The molecule has 0 saturated carbocycles. The van der Waals surface area contributed by atoms with Gasteiger partial charge in [-0.3, -0.25) is 4.79 Å². The Morgan fingerprint density at radius 2 is 1.65 bits per heavy atom. The number of nitrogens with zero attached hydrogens (tertiary/aromatic N) is 1. The van der Waals surface area contributed by atoms with Crippen molar-refractivity contribution in [1.29, 1.82) is 0 Å². The molecule has 0 fully saturated rings. The first kappa shape index (κ1) is 23.6. The summed E-state index contributed by atoms with van der Waals surface area (Å²) < 4.78 is 33.1. The van der Waals surface area contributed by atoms with E-state index in [1.807, 2.05) is 30.3 Å². The molecule has 0 unspecified atom stereocenters. The average Bonchev–Trinajstić information content (AvgIpc) is 3.35. The van der Waals surface area contributed by atoms with Gasteiger partial charge in [-0.25, -0.2) is 13.4 Å². The molecule has 174 valence electrons. The van der Waals surface area contributed by atoms with Crippen molar-refractivity contribution in [2.45, 2.75) is 17.4 Å². The third-order valence-electron chi connectivity index (χ3n) is 5.17. The van der Waals surface area contributed by atoms with Crippen LogP contribution in [0.5, 0.6) is 5.75 Å². The fourth-order valence-electron chi connectivity index (χ4n) is 3.36. The number of benzene rings is 3. The number of hydrogen-bond donors (Lipinski definition) is 2. The van der Waals surface area contributed by atoms with Crippen molar-refractivity contribution in [2.75, 3.05) is 7.11 Å². The fraction of sp³-hybridized carbons (Fsp3) is 0.120. The lowest BCUT2D eigenvalue weighted by Crippen LogP contribution is -2.42. The number of aromatic nitrogens is 1. The molecule has 1 heterocycles. The number of hydrogen-bond acceptors (Lipinski definition) is 6. The van der Waals surface area contributed by atoms with Crippen LogP contribution in [-0.2, 0) is 21.2 Å². The number of aliphatic carboxylic acids is 1. The van der Waals surface area contributed by atoms with Crippen LogP contribution >= 0.6 is 11.3 Å². The predicted molar refractivity (Wildman–Crippen MR) is 131 cm³/mol. The number of carboxylic acid groups (broad SMARTS) is 1. The van der Waals surface area contributed by atoms with Crippen molar-refractivity contribution in [3.8, 4) is 26.8 Å². The maximum absolute atomic E-state index is 12.8. The second kappa shape index (κ2) is 10.2. The molecule has 0 aliphatic rings. The number of ether oxygens (including phenoxy) is 1. The van der Waals surface area contributed by atoms with Gasteiger partial charge in [0.05, 0.1) is 16.9 Å². The first-order chi connectivity index (χ1) is 16.4. The smallest absolute Gasteiger partial charge is 0.322 e. The van der Waals surface area contributed by atoms with Crippen LogP contribution in [0.25, 0.3) is 21.0 Å². The van der Waals surface area contributed by atoms with Gasteiger partial charge in [0.1, 0.15) is 16.8 Å². The predicted octanol–water partition coefficient (Wildman–Crippen LogP) is 4.46. The highest BCUT2D eigenvalue weighted by molar-refractivity contribution is 7.89. The lowest BCUT2D eigenvalue weighted by Gasteiger charge is -2.15. The third-order valence-corrected chi connectivity index (χ3v) is 7.75. The van der Waals surface area contributed by atoms with Crippen LogP contribution in [0.3, 0.4) is 0 Å². The normalized spacial score (nSPS) is 12.3. The van der Waals surface area contributed by atoms with Gasteiger partial charge in [-0.2, -0.15) is 4.72 Å². The molecule has 4 rings (SSSR count). The number of carbonyl (C=O) groups is 1. The summed E-state index contributed by atoms with van der Waals surface area (Å²) in [5, 5.41) is 10.3. The van der Waals surface area contributed by atoms with Gasteiger partial charge in [0.25, 0.3) is 0 Å². The van der Waals surface area contributed by atoms with Crippen LogP contribution in [-0.4, -0.2) is 37.6 Å². The fourth-order valence-corrected chi connectivity index (χ4v) is 5.47. The van der Waals surface area contributed by atoms with Crippen LogP contribution in [0.1, 0.15) is 5.56 Å². The quantitative estimate of drug-likeness (QED) is 0.356. The van der Waals surface area contributed by atoms with Gasteiger partial charge in [0, 0.05) is 11.8 Å². The summed E-state index contributed by atoms with van der Waals surface area (Å²) in [7, 11) is -2.41. The molecule has 1 aromatic heterocycles. The Kier molecular flexibility index (Phi) is 7.06. The van der Waals surface area contributed by atoms with E-state index in [0.717, 1.165) is 32.3 Å².